The molecule has 0 spiro atoms. The Morgan fingerprint density at radius 2 is 1.69 bits per heavy atom. The normalized spacial score (nSPS) is 14.4. The quantitative estimate of drug-likeness (QED) is 0.509. The first kappa shape index (κ1) is 12.2. The predicted octanol–water partition coefficient (Wildman–Crippen LogP) is -2.22. The van der Waals surface area contributed by atoms with Gasteiger partial charge in [-0.2, -0.15) is 0 Å². The summed E-state index contributed by atoms with van der Waals surface area (Å²) >= 11 is 0. The maximum Gasteiger partial charge on any atom is 0.115 e. The summed E-state index contributed by atoms with van der Waals surface area (Å²) < 4.78 is 0. The topological polar surface area (TPSA) is 66.5 Å². The second kappa shape index (κ2) is 5.07. The van der Waals surface area contributed by atoms with Crippen LogP contribution in [0.2, 0.25) is 0 Å². The maximum absolute atomic E-state index is 9.48. The molecule has 0 aromatic heterocycles. The van der Waals surface area contributed by atoms with E-state index in [1.165, 1.54) is 12.1 Å². The third-order valence-corrected chi connectivity index (χ3v) is 1.73. The van der Waals surface area contributed by atoms with Crippen molar-refractivity contribution in [2.24, 2.45) is 5.73 Å². The minimum absolute atomic E-state index is 0. The number of hydrogen-bond donors (Lipinski definition) is 3. The molecule has 1 aromatic rings. The smallest absolute Gasteiger partial charge is 0.115 e. The van der Waals surface area contributed by atoms with E-state index in [2.05, 4.69) is 0 Å². The van der Waals surface area contributed by atoms with Crippen LogP contribution in [0.5, 0.6) is 5.75 Å². The molecule has 0 saturated heterocycles. The molecule has 1 rings (SSSR count). The summed E-state index contributed by atoms with van der Waals surface area (Å²) in [4.78, 5) is 0. The Morgan fingerprint density at radius 3 is 2.08 bits per heavy atom. The van der Waals surface area contributed by atoms with E-state index in [4.69, 9.17) is 10.8 Å². The second-order valence-corrected chi connectivity index (χ2v) is 2.90. The monoisotopic (exact) mass is 202 g/mol. The van der Waals surface area contributed by atoms with Crippen LogP contribution in [0.25, 0.3) is 0 Å². The standard InChI is InChI=1S/C9H13NO2.ClH/c1-6(10)9(12)7-2-4-8(11)5-3-7;/h2-6,9,11-12H,10H2,1H3;1H/p-1. The van der Waals surface area contributed by atoms with Crippen molar-refractivity contribution in [2.75, 3.05) is 0 Å². The molecule has 0 aliphatic rings. The molecule has 0 heterocycles. The van der Waals surface area contributed by atoms with E-state index in [0.717, 1.165) is 5.56 Å². The molecule has 0 bridgehead atoms. The summed E-state index contributed by atoms with van der Waals surface area (Å²) in [5.41, 5.74) is 6.22. The zero-order chi connectivity index (χ0) is 9.14. The number of phenols is 1. The average molecular weight is 203 g/mol. The molecule has 0 fully saturated rings. The highest BCUT2D eigenvalue weighted by Crippen LogP contribution is 2.18. The highest BCUT2D eigenvalue weighted by molar-refractivity contribution is 5.27. The van der Waals surface area contributed by atoms with Crippen LogP contribution in [-0.2, 0) is 0 Å². The van der Waals surface area contributed by atoms with Gasteiger partial charge in [0.05, 0.1) is 6.10 Å². The number of halogens is 1. The molecule has 13 heavy (non-hydrogen) atoms. The molecule has 0 aliphatic carbocycles. The molecule has 4 heteroatoms. The van der Waals surface area contributed by atoms with Crippen LogP contribution < -0.4 is 18.1 Å². The van der Waals surface area contributed by atoms with Crippen LogP contribution in [0.4, 0.5) is 0 Å². The first-order chi connectivity index (χ1) is 5.61. The van der Waals surface area contributed by atoms with Crippen molar-refractivity contribution in [3.63, 3.8) is 0 Å². The van der Waals surface area contributed by atoms with Gasteiger partial charge in [-0.15, -0.1) is 0 Å². The van der Waals surface area contributed by atoms with Crippen molar-refractivity contribution >= 4 is 0 Å². The number of nitrogens with two attached hydrogens (primary N) is 1. The van der Waals surface area contributed by atoms with E-state index in [1.807, 2.05) is 0 Å². The lowest BCUT2D eigenvalue weighted by atomic mass is 10.0. The minimum atomic E-state index is -0.661. The number of rotatable bonds is 2. The first-order valence-corrected chi connectivity index (χ1v) is 3.84. The lowest BCUT2D eigenvalue weighted by Gasteiger charge is -2.14. The van der Waals surface area contributed by atoms with Crippen molar-refractivity contribution in [2.45, 2.75) is 19.1 Å². The Bertz CT molecular complexity index is 248. The Kier molecular flexibility index (Phi) is 4.77. The van der Waals surface area contributed by atoms with Crippen LogP contribution in [-0.4, -0.2) is 16.3 Å². The molecule has 2 atom stereocenters. The lowest BCUT2D eigenvalue weighted by molar-refractivity contribution is -0.00000501. The summed E-state index contributed by atoms with van der Waals surface area (Å²) in [7, 11) is 0. The molecule has 1 aromatic carbocycles. The SMILES string of the molecule is CC(N)C(O)c1ccc(O)cc1.[Cl-]. The van der Waals surface area contributed by atoms with Crippen molar-refractivity contribution in [1.82, 2.24) is 0 Å². The highest BCUT2D eigenvalue weighted by atomic mass is 35.5. The Labute approximate surface area is 83.6 Å². The van der Waals surface area contributed by atoms with Crippen LogP contribution in [0.3, 0.4) is 0 Å². The number of aliphatic hydroxyl groups is 1. The van der Waals surface area contributed by atoms with Gasteiger partial charge in [-0.05, 0) is 24.6 Å². The Hall–Kier alpha value is -0.770. The predicted molar refractivity (Wildman–Crippen MR) is 46.7 cm³/mol. The molecule has 0 saturated carbocycles. The minimum Gasteiger partial charge on any atom is -1.00 e. The van der Waals surface area contributed by atoms with Gasteiger partial charge in [0.15, 0.2) is 0 Å². The fourth-order valence-electron chi connectivity index (χ4n) is 0.975. The number of benzene rings is 1. The second-order valence-electron chi connectivity index (χ2n) is 2.90. The Balaban J connectivity index is 0.00000144. The molecule has 4 N–H and O–H groups in total. The van der Waals surface area contributed by atoms with E-state index in [9.17, 15) is 5.11 Å². The highest BCUT2D eigenvalue weighted by Gasteiger charge is 2.11. The number of aliphatic hydroxyl groups excluding tert-OH is 1. The maximum atomic E-state index is 9.48. The summed E-state index contributed by atoms with van der Waals surface area (Å²) in [5.74, 6) is 0.190. The van der Waals surface area contributed by atoms with Gasteiger partial charge in [-0.1, -0.05) is 12.1 Å². The molecular weight excluding hydrogens is 190 g/mol. The van der Waals surface area contributed by atoms with Gasteiger partial charge in [0, 0.05) is 6.04 Å². The van der Waals surface area contributed by atoms with E-state index >= 15 is 0 Å². The van der Waals surface area contributed by atoms with Crippen LogP contribution in [0, 0.1) is 0 Å². The van der Waals surface area contributed by atoms with Crippen molar-refractivity contribution in [1.29, 1.82) is 0 Å². The van der Waals surface area contributed by atoms with Gasteiger partial charge in [0.2, 0.25) is 0 Å². The van der Waals surface area contributed by atoms with Crippen LogP contribution in [0.15, 0.2) is 24.3 Å². The third kappa shape index (κ3) is 3.22. The van der Waals surface area contributed by atoms with Gasteiger partial charge in [-0.25, -0.2) is 0 Å². The zero-order valence-electron chi connectivity index (χ0n) is 7.31. The van der Waals surface area contributed by atoms with Crippen LogP contribution >= 0.6 is 0 Å². The van der Waals surface area contributed by atoms with Gasteiger partial charge >= 0.3 is 0 Å². The first-order valence-electron chi connectivity index (χ1n) is 3.84. The average Bonchev–Trinajstić information content (AvgIpc) is 2.04. The van der Waals surface area contributed by atoms with E-state index in [-0.39, 0.29) is 24.2 Å². The van der Waals surface area contributed by atoms with E-state index in [0.29, 0.717) is 0 Å². The van der Waals surface area contributed by atoms with Crippen LogP contribution in [0.1, 0.15) is 18.6 Å². The number of hydrogen-bond acceptors (Lipinski definition) is 3. The molecule has 74 valence electrons. The fraction of sp³-hybridized carbons (Fsp3) is 0.333. The molecule has 0 radical (unpaired) electrons. The number of phenolic OH excluding ortho intramolecular Hbond substituents is 1. The van der Waals surface area contributed by atoms with E-state index in [1.54, 1.807) is 19.1 Å². The summed E-state index contributed by atoms with van der Waals surface area (Å²) in [5, 5.41) is 18.4. The molecule has 0 amide bonds. The number of aromatic hydroxyl groups is 1. The van der Waals surface area contributed by atoms with Gasteiger partial charge in [0.1, 0.15) is 5.75 Å². The van der Waals surface area contributed by atoms with Gasteiger partial charge < -0.3 is 28.4 Å². The zero-order valence-corrected chi connectivity index (χ0v) is 8.07. The molecule has 0 aliphatic heterocycles. The lowest BCUT2D eigenvalue weighted by Crippen LogP contribution is -3.00. The summed E-state index contributed by atoms with van der Waals surface area (Å²) in [6.45, 7) is 1.73. The third-order valence-electron chi connectivity index (χ3n) is 1.73. The van der Waals surface area contributed by atoms with Crippen molar-refractivity contribution in [3.05, 3.63) is 29.8 Å². The summed E-state index contributed by atoms with van der Waals surface area (Å²) in [6.07, 6.45) is -0.661. The van der Waals surface area contributed by atoms with Gasteiger partial charge in [0.25, 0.3) is 0 Å². The van der Waals surface area contributed by atoms with Crippen molar-refractivity contribution < 1.29 is 22.6 Å². The summed E-state index contributed by atoms with van der Waals surface area (Å²) in [6, 6.07) is 6.07. The molecule has 2 unspecified atom stereocenters. The largest absolute Gasteiger partial charge is 1.00 e. The molecule has 3 nitrogen and oxygen atoms in total. The van der Waals surface area contributed by atoms with Gasteiger partial charge in [-0.3, -0.25) is 0 Å². The van der Waals surface area contributed by atoms with Crippen molar-refractivity contribution in [3.8, 4) is 5.75 Å². The molecular formula is C9H13ClNO2-. The fourth-order valence-corrected chi connectivity index (χ4v) is 0.975. The Morgan fingerprint density at radius 1 is 1.23 bits per heavy atom. The van der Waals surface area contributed by atoms with E-state index < -0.39 is 6.10 Å².